The predicted molar refractivity (Wildman–Crippen MR) is 99.1 cm³/mol. The van der Waals surface area contributed by atoms with Crippen molar-refractivity contribution in [1.82, 2.24) is 4.98 Å². The Balaban J connectivity index is 2.29. The molecule has 4 nitrogen and oxygen atoms in total. The van der Waals surface area contributed by atoms with Gasteiger partial charge in [0.1, 0.15) is 10.9 Å². The van der Waals surface area contributed by atoms with Crippen molar-refractivity contribution in [2.24, 2.45) is 0 Å². The Morgan fingerprint density at radius 2 is 1.92 bits per heavy atom. The molecule has 5 heteroatoms. The lowest BCUT2D eigenvalue weighted by Crippen LogP contribution is -2.10. The Labute approximate surface area is 151 Å². The average molecular weight is 356 g/mol. The van der Waals surface area contributed by atoms with Gasteiger partial charge >= 0.3 is 5.97 Å². The monoisotopic (exact) mass is 355 g/mol. The number of carbonyl (C=O) groups excluding carboxylic acids is 1. The fourth-order valence-electron chi connectivity index (χ4n) is 2.83. The quantitative estimate of drug-likeness (QED) is 0.493. The predicted octanol–water partition coefficient (Wildman–Crippen LogP) is 4.67. The largest absolute Gasteiger partial charge is 0.497 e. The van der Waals surface area contributed by atoms with Crippen LogP contribution in [0.4, 0.5) is 0 Å². The van der Waals surface area contributed by atoms with E-state index < -0.39 is 0 Å². The molecule has 0 saturated heterocycles. The van der Waals surface area contributed by atoms with E-state index >= 15 is 0 Å². The SMILES string of the molecule is CCOC(=O)Cc1c(Cl)nc2ccc(OC)cc2c1-c1ccccc1. The molecule has 0 spiro atoms. The summed E-state index contributed by atoms with van der Waals surface area (Å²) in [7, 11) is 1.62. The maximum absolute atomic E-state index is 12.1. The first-order chi connectivity index (χ1) is 12.1. The Hall–Kier alpha value is -2.59. The summed E-state index contributed by atoms with van der Waals surface area (Å²) in [5, 5.41) is 1.19. The average Bonchev–Trinajstić information content (AvgIpc) is 2.63. The van der Waals surface area contributed by atoms with Gasteiger partial charge in [-0.3, -0.25) is 4.79 Å². The number of hydrogen-bond acceptors (Lipinski definition) is 4. The van der Waals surface area contributed by atoms with Gasteiger partial charge in [-0.15, -0.1) is 0 Å². The summed E-state index contributed by atoms with van der Waals surface area (Å²) in [6.07, 6.45) is 0.0665. The maximum Gasteiger partial charge on any atom is 0.310 e. The zero-order chi connectivity index (χ0) is 17.8. The Morgan fingerprint density at radius 1 is 1.16 bits per heavy atom. The molecule has 3 aromatic rings. The molecule has 0 aliphatic carbocycles. The van der Waals surface area contributed by atoms with Gasteiger partial charge in [0.2, 0.25) is 0 Å². The van der Waals surface area contributed by atoms with E-state index in [9.17, 15) is 4.79 Å². The fraction of sp³-hybridized carbons (Fsp3) is 0.200. The van der Waals surface area contributed by atoms with Crippen molar-refractivity contribution in [1.29, 1.82) is 0 Å². The number of rotatable bonds is 5. The van der Waals surface area contributed by atoms with Crippen LogP contribution in [0.5, 0.6) is 5.75 Å². The van der Waals surface area contributed by atoms with Gasteiger partial charge in [0.15, 0.2) is 0 Å². The van der Waals surface area contributed by atoms with Gasteiger partial charge < -0.3 is 9.47 Å². The second kappa shape index (κ2) is 7.53. The van der Waals surface area contributed by atoms with Crippen LogP contribution in [-0.4, -0.2) is 24.7 Å². The van der Waals surface area contributed by atoms with Gasteiger partial charge in [0.05, 0.1) is 25.7 Å². The van der Waals surface area contributed by atoms with Gasteiger partial charge in [-0.05, 0) is 36.2 Å². The van der Waals surface area contributed by atoms with Gasteiger partial charge in [-0.1, -0.05) is 41.9 Å². The number of esters is 1. The minimum Gasteiger partial charge on any atom is -0.497 e. The standard InChI is InChI=1S/C20H18ClNO3/c1-3-25-18(23)12-16-19(13-7-5-4-6-8-13)15-11-14(24-2)9-10-17(15)22-20(16)21/h4-11H,3,12H2,1-2H3. The van der Waals surface area contributed by atoms with Crippen molar-refractivity contribution in [2.75, 3.05) is 13.7 Å². The first-order valence-corrected chi connectivity index (χ1v) is 8.39. The molecule has 0 amide bonds. The van der Waals surface area contributed by atoms with Crippen LogP contribution in [-0.2, 0) is 16.0 Å². The van der Waals surface area contributed by atoms with Crippen LogP contribution in [0.2, 0.25) is 5.15 Å². The van der Waals surface area contributed by atoms with Gasteiger partial charge in [-0.2, -0.15) is 0 Å². The minimum atomic E-state index is -0.328. The normalized spacial score (nSPS) is 10.7. The first kappa shape index (κ1) is 17.2. The van der Waals surface area contributed by atoms with Crippen LogP contribution in [0, 0.1) is 0 Å². The van der Waals surface area contributed by atoms with Crippen LogP contribution in [0.1, 0.15) is 12.5 Å². The summed E-state index contributed by atoms with van der Waals surface area (Å²) in [4.78, 5) is 16.5. The number of ether oxygens (including phenoxy) is 2. The maximum atomic E-state index is 12.1. The number of carbonyl (C=O) groups is 1. The lowest BCUT2D eigenvalue weighted by atomic mass is 9.94. The molecule has 128 valence electrons. The van der Waals surface area contributed by atoms with Gasteiger partial charge in [-0.25, -0.2) is 4.98 Å². The molecule has 1 aromatic heterocycles. The Morgan fingerprint density at radius 3 is 2.60 bits per heavy atom. The fourth-order valence-corrected chi connectivity index (χ4v) is 3.08. The lowest BCUT2D eigenvalue weighted by Gasteiger charge is -2.15. The summed E-state index contributed by atoms with van der Waals surface area (Å²) in [6.45, 7) is 2.10. The van der Waals surface area contributed by atoms with Crippen LogP contribution >= 0.6 is 11.6 Å². The third kappa shape index (κ3) is 3.59. The molecule has 0 unspecified atom stereocenters. The topological polar surface area (TPSA) is 48.4 Å². The van der Waals surface area contributed by atoms with Crippen molar-refractivity contribution in [3.05, 3.63) is 59.2 Å². The van der Waals surface area contributed by atoms with Crippen molar-refractivity contribution in [3.8, 4) is 16.9 Å². The molecule has 25 heavy (non-hydrogen) atoms. The zero-order valence-corrected chi connectivity index (χ0v) is 14.8. The summed E-state index contributed by atoms with van der Waals surface area (Å²) in [6, 6.07) is 15.4. The van der Waals surface area contributed by atoms with Crippen molar-refractivity contribution in [2.45, 2.75) is 13.3 Å². The zero-order valence-electron chi connectivity index (χ0n) is 14.1. The van der Waals surface area contributed by atoms with Crippen LogP contribution < -0.4 is 4.74 Å². The highest BCUT2D eigenvalue weighted by atomic mass is 35.5. The Bertz CT molecular complexity index is 910. The molecule has 2 aromatic carbocycles. The highest BCUT2D eigenvalue weighted by Crippen LogP contribution is 2.37. The van der Waals surface area contributed by atoms with E-state index in [1.807, 2.05) is 48.5 Å². The summed E-state index contributed by atoms with van der Waals surface area (Å²) < 4.78 is 10.4. The van der Waals surface area contributed by atoms with E-state index in [0.717, 1.165) is 27.8 Å². The smallest absolute Gasteiger partial charge is 0.310 e. The third-order valence-electron chi connectivity index (χ3n) is 3.93. The van der Waals surface area contributed by atoms with Crippen LogP contribution in [0.25, 0.3) is 22.0 Å². The lowest BCUT2D eigenvalue weighted by molar-refractivity contribution is -0.142. The third-order valence-corrected chi connectivity index (χ3v) is 4.24. The van der Waals surface area contributed by atoms with Gasteiger partial charge in [0, 0.05) is 10.9 Å². The summed E-state index contributed by atoms with van der Waals surface area (Å²) >= 11 is 6.43. The van der Waals surface area contributed by atoms with E-state index in [1.165, 1.54) is 0 Å². The van der Waals surface area contributed by atoms with E-state index in [-0.39, 0.29) is 12.4 Å². The van der Waals surface area contributed by atoms with E-state index in [2.05, 4.69) is 4.98 Å². The number of methoxy groups -OCH3 is 1. The highest BCUT2D eigenvalue weighted by molar-refractivity contribution is 6.31. The second-order valence-corrected chi connectivity index (χ2v) is 5.85. The molecule has 0 aliphatic rings. The molecule has 0 fully saturated rings. The minimum absolute atomic E-state index is 0.0665. The second-order valence-electron chi connectivity index (χ2n) is 5.49. The van der Waals surface area contributed by atoms with Crippen LogP contribution in [0.3, 0.4) is 0 Å². The van der Waals surface area contributed by atoms with E-state index in [0.29, 0.717) is 17.3 Å². The molecule has 0 atom stereocenters. The number of hydrogen-bond donors (Lipinski definition) is 0. The molecule has 0 aliphatic heterocycles. The molecule has 0 bridgehead atoms. The number of aromatic nitrogens is 1. The number of nitrogens with zero attached hydrogens (tertiary/aromatic N) is 1. The van der Waals surface area contributed by atoms with Crippen molar-refractivity contribution >= 4 is 28.5 Å². The molecule has 0 radical (unpaired) electrons. The van der Waals surface area contributed by atoms with Crippen LogP contribution in [0.15, 0.2) is 48.5 Å². The first-order valence-electron chi connectivity index (χ1n) is 8.01. The summed E-state index contributed by atoms with van der Waals surface area (Å²) in [5.74, 6) is 0.390. The van der Waals surface area contributed by atoms with Gasteiger partial charge in [0.25, 0.3) is 0 Å². The number of halogens is 1. The number of pyridine rings is 1. The molecular formula is C20H18ClNO3. The molecule has 3 rings (SSSR count). The van der Waals surface area contributed by atoms with Crippen molar-refractivity contribution < 1.29 is 14.3 Å². The molecule has 0 saturated carbocycles. The van der Waals surface area contributed by atoms with Crippen molar-refractivity contribution in [3.63, 3.8) is 0 Å². The highest BCUT2D eigenvalue weighted by Gasteiger charge is 2.19. The summed E-state index contributed by atoms with van der Waals surface area (Å²) in [5.41, 5.74) is 3.25. The molecular weight excluding hydrogens is 338 g/mol. The number of benzene rings is 2. The number of fused-ring (bicyclic) bond motifs is 1. The van der Waals surface area contributed by atoms with E-state index in [4.69, 9.17) is 21.1 Å². The van der Waals surface area contributed by atoms with E-state index in [1.54, 1.807) is 14.0 Å². The molecule has 0 N–H and O–H groups in total. The Kier molecular flexibility index (Phi) is 5.19. The molecule has 1 heterocycles.